The minimum absolute atomic E-state index is 0. The van der Waals surface area contributed by atoms with Crippen LogP contribution in [0.5, 0.6) is 0 Å². The van der Waals surface area contributed by atoms with E-state index in [1.54, 1.807) is 0 Å². The van der Waals surface area contributed by atoms with E-state index in [-0.39, 0.29) is 51.0 Å². The number of aromatic amines is 1. The first kappa shape index (κ1) is 14.7. The third-order valence-corrected chi connectivity index (χ3v) is 1.40. The molecular weight excluding hydrogens is 272 g/mol. The van der Waals surface area contributed by atoms with E-state index >= 15 is 0 Å². The van der Waals surface area contributed by atoms with Crippen LogP contribution in [0.15, 0.2) is 30.3 Å². The number of nitrogens with one attached hydrogen (secondary N) is 1. The van der Waals surface area contributed by atoms with Crippen molar-refractivity contribution in [2.75, 3.05) is 0 Å². The van der Waals surface area contributed by atoms with Gasteiger partial charge in [0.15, 0.2) is 0 Å². The molecule has 0 saturated heterocycles. The van der Waals surface area contributed by atoms with Gasteiger partial charge in [-0.15, -0.1) is 23.8 Å². The predicted octanol–water partition coefficient (Wildman–Crippen LogP) is -4.03. The maximum absolute atomic E-state index is 2.99. The van der Waals surface area contributed by atoms with E-state index in [0.29, 0.717) is 0 Å². The second-order valence-corrected chi connectivity index (χ2v) is 2.00. The van der Waals surface area contributed by atoms with E-state index in [0.717, 1.165) is 5.52 Å². The van der Waals surface area contributed by atoms with Crippen LogP contribution in [0.4, 0.5) is 0 Å². The Labute approximate surface area is 103 Å². The molecule has 1 heterocycles. The van der Waals surface area contributed by atoms with Crippen molar-refractivity contribution < 1.29 is 51.0 Å². The van der Waals surface area contributed by atoms with Crippen LogP contribution >= 0.6 is 0 Å². The van der Waals surface area contributed by atoms with Crippen LogP contribution in [0.25, 0.3) is 10.9 Å². The van der Waals surface area contributed by atoms with Gasteiger partial charge in [-0.05, 0) is 0 Å². The van der Waals surface area contributed by atoms with Gasteiger partial charge in [0.1, 0.15) is 0 Å². The van der Waals surface area contributed by atoms with Crippen molar-refractivity contribution in [2.45, 2.75) is 0 Å². The van der Waals surface area contributed by atoms with Crippen LogP contribution in [0.1, 0.15) is 0 Å². The summed E-state index contributed by atoms with van der Waals surface area (Å²) in [6.07, 6.45) is 2.91. The van der Waals surface area contributed by atoms with Crippen LogP contribution in [-0.4, -0.2) is 4.98 Å². The Balaban J connectivity index is 0. The first-order chi connectivity index (χ1) is 4.47. The van der Waals surface area contributed by atoms with E-state index in [9.17, 15) is 0 Å². The molecular formula is C8H6Cl2NZr. The Kier molecular flexibility index (Phi) is 8.24. The maximum Gasteiger partial charge on any atom is 3.00 e. The average Bonchev–Trinajstić information content (AvgIpc) is 2.33. The molecule has 1 aromatic carbocycles. The summed E-state index contributed by atoms with van der Waals surface area (Å²) < 4.78 is 0. The molecule has 0 aliphatic heterocycles. The summed E-state index contributed by atoms with van der Waals surface area (Å²) in [6, 6.07) is 10.1. The van der Waals surface area contributed by atoms with Crippen molar-refractivity contribution >= 4 is 10.9 Å². The van der Waals surface area contributed by atoms with E-state index in [1.807, 2.05) is 24.3 Å². The van der Waals surface area contributed by atoms with Crippen molar-refractivity contribution in [3.63, 3.8) is 0 Å². The minimum Gasteiger partial charge on any atom is -1.00 e. The number of para-hydroxylation sites is 1. The molecule has 1 aromatic heterocycles. The second-order valence-electron chi connectivity index (χ2n) is 2.00. The summed E-state index contributed by atoms with van der Waals surface area (Å²) in [6.45, 7) is 0. The fourth-order valence-corrected chi connectivity index (χ4v) is 0.928. The van der Waals surface area contributed by atoms with Gasteiger partial charge in [-0.25, -0.2) is 0 Å². The molecule has 0 saturated carbocycles. The van der Waals surface area contributed by atoms with Crippen molar-refractivity contribution in [1.82, 2.24) is 4.98 Å². The molecule has 2 rings (SSSR count). The molecule has 1 N–H and O–H groups in total. The fourth-order valence-electron chi connectivity index (χ4n) is 0.928. The molecule has 1 radical (unpaired) electrons. The van der Waals surface area contributed by atoms with Gasteiger partial charge >= 0.3 is 26.2 Å². The van der Waals surface area contributed by atoms with Crippen LogP contribution in [-0.2, 0) is 26.2 Å². The summed E-state index contributed by atoms with van der Waals surface area (Å²) in [5.74, 6) is 0. The normalized spacial score (nSPS) is 7.67. The predicted molar refractivity (Wildman–Crippen MR) is 37.1 cm³/mol. The Morgan fingerprint density at radius 3 is 2.42 bits per heavy atom. The zero-order chi connectivity index (χ0) is 6.10. The molecule has 0 aliphatic rings. The molecule has 2 aromatic rings. The number of benzene rings is 1. The zero-order valence-electron chi connectivity index (χ0n) is 6.14. The third kappa shape index (κ3) is 2.93. The molecule has 0 spiro atoms. The van der Waals surface area contributed by atoms with Crippen LogP contribution in [0.2, 0.25) is 0 Å². The monoisotopic (exact) mass is 276 g/mol. The number of H-pyrrole nitrogens is 1. The van der Waals surface area contributed by atoms with Gasteiger partial charge in [0.05, 0.1) is 0 Å². The minimum atomic E-state index is 0. The Hall–Kier alpha value is 0.223. The third-order valence-electron chi connectivity index (χ3n) is 1.40. The van der Waals surface area contributed by atoms with Gasteiger partial charge in [-0.1, -0.05) is 12.1 Å². The van der Waals surface area contributed by atoms with E-state index in [1.165, 1.54) is 5.39 Å². The summed E-state index contributed by atoms with van der Waals surface area (Å²) in [5, 5.41) is 1.22. The van der Waals surface area contributed by atoms with Crippen molar-refractivity contribution in [3.8, 4) is 0 Å². The van der Waals surface area contributed by atoms with Crippen LogP contribution < -0.4 is 24.8 Å². The second kappa shape index (κ2) is 6.71. The Morgan fingerprint density at radius 2 is 1.75 bits per heavy atom. The van der Waals surface area contributed by atoms with E-state index < -0.39 is 0 Å². The summed E-state index contributed by atoms with van der Waals surface area (Å²) in [5.41, 5.74) is 1.15. The largest absolute Gasteiger partial charge is 3.00 e. The standard InChI is InChI=1S/C8H6N.2ClH.Zr/c1-2-4-8-7(3-1)5-6-9-8;;;/h1-5,9H;2*1H;/q-1;;;+3/p-2. The van der Waals surface area contributed by atoms with Gasteiger partial charge in [0.25, 0.3) is 0 Å². The molecule has 4 heteroatoms. The number of rotatable bonds is 0. The number of hydrogen-bond donors (Lipinski definition) is 1. The van der Waals surface area contributed by atoms with Gasteiger partial charge in [-0.3, -0.25) is 0 Å². The Bertz CT molecular complexity index is 291. The van der Waals surface area contributed by atoms with Crippen LogP contribution in [0, 0.1) is 6.20 Å². The maximum atomic E-state index is 2.99. The first-order valence-electron chi connectivity index (χ1n) is 2.90. The number of aromatic nitrogens is 1. The molecule has 0 bridgehead atoms. The molecule has 0 fully saturated rings. The molecule has 0 atom stereocenters. The molecule has 12 heavy (non-hydrogen) atoms. The van der Waals surface area contributed by atoms with E-state index in [2.05, 4.69) is 17.2 Å². The fraction of sp³-hybridized carbons (Fsp3) is 0. The molecule has 61 valence electrons. The zero-order valence-corrected chi connectivity index (χ0v) is 10.1. The van der Waals surface area contributed by atoms with Gasteiger partial charge in [0.2, 0.25) is 0 Å². The van der Waals surface area contributed by atoms with Crippen molar-refractivity contribution in [2.24, 2.45) is 0 Å². The molecule has 0 amide bonds. The first-order valence-corrected chi connectivity index (χ1v) is 2.90. The number of hydrogen-bond acceptors (Lipinski definition) is 0. The average molecular weight is 278 g/mol. The number of fused-ring (bicyclic) bond motifs is 1. The van der Waals surface area contributed by atoms with Gasteiger partial charge < -0.3 is 29.8 Å². The summed E-state index contributed by atoms with van der Waals surface area (Å²) in [7, 11) is 0. The quantitative estimate of drug-likeness (QED) is 0.473. The van der Waals surface area contributed by atoms with Gasteiger partial charge in [0, 0.05) is 0 Å². The molecule has 0 unspecified atom stereocenters. The molecule has 1 nitrogen and oxygen atoms in total. The number of halogens is 2. The smallest absolute Gasteiger partial charge is 1.00 e. The SMILES string of the molecule is [Cl-].[Cl-].[Zr+3].[c-]1cc2ccccc2[nH]1. The topological polar surface area (TPSA) is 15.8 Å². The summed E-state index contributed by atoms with van der Waals surface area (Å²) in [4.78, 5) is 2.99. The summed E-state index contributed by atoms with van der Waals surface area (Å²) >= 11 is 0. The Morgan fingerprint density at radius 1 is 1.08 bits per heavy atom. The van der Waals surface area contributed by atoms with Crippen molar-refractivity contribution in [3.05, 3.63) is 36.5 Å². The van der Waals surface area contributed by atoms with Crippen molar-refractivity contribution in [1.29, 1.82) is 0 Å². The van der Waals surface area contributed by atoms with Crippen LogP contribution in [0.3, 0.4) is 0 Å². The molecule has 0 aliphatic carbocycles. The van der Waals surface area contributed by atoms with Gasteiger partial charge in [-0.2, -0.15) is 11.5 Å². The van der Waals surface area contributed by atoms with E-state index in [4.69, 9.17) is 0 Å².